The molecule has 0 saturated carbocycles. The van der Waals surface area contributed by atoms with Crippen molar-refractivity contribution < 1.29 is 0 Å². The molecule has 0 bridgehead atoms. The molecule has 0 unspecified atom stereocenters. The predicted octanol–water partition coefficient (Wildman–Crippen LogP) is 1.54. The summed E-state index contributed by atoms with van der Waals surface area (Å²) in [7, 11) is 0. The van der Waals surface area contributed by atoms with Crippen molar-refractivity contribution >= 4 is 17.6 Å². The third kappa shape index (κ3) is 4.09. The summed E-state index contributed by atoms with van der Waals surface area (Å²) in [5, 5.41) is 6.36. The van der Waals surface area contributed by atoms with E-state index in [1.165, 1.54) is 5.56 Å². The highest BCUT2D eigenvalue weighted by atomic mass is 15.1. The van der Waals surface area contributed by atoms with Crippen molar-refractivity contribution in [1.82, 2.24) is 15.0 Å². The molecule has 2 aromatic rings. The van der Waals surface area contributed by atoms with Gasteiger partial charge >= 0.3 is 0 Å². The van der Waals surface area contributed by atoms with Gasteiger partial charge in [-0.2, -0.15) is 9.97 Å². The first-order chi connectivity index (χ1) is 9.28. The van der Waals surface area contributed by atoms with Crippen LogP contribution in [-0.2, 0) is 6.42 Å². The van der Waals surface area contributed by atoms with Crippen LogP contribution in [0.4, 0.5) is 17.6 Å². The first kappa shape index (κ1) is 13.1. The fourth-order valence-corrected chi connectivity index (χ4v) is 1.71. The van der Waals surface area contributed by atoms with Gasteiger partial charge in [-0.1, -0.05) is 0 Å². The number of anilines is 3. The van der Waals surface area contributed by atoms with Gasteiger partial charge < -0.3 is 16.4 Å². The van der Waals surface area contributed by atoms with Gasteiger partial charge in [0.05, 0.1) is 0 Å². The molecule has 100 valence electrons. The van der Waals surface area contributed by atoms with Crippen molar-refractivity contribution in [3.63, 3.8) is 0 Å². The maximum absolute atomic E-state index is 5.66. The minimum atomic E-state index is 0.268. The summed E-state index contributed by atoms with van der Waals surface area (Å²) in [6, 6.07) is 5.85. The summed E-state index contributed by atoms with van der Waals surface area (Å²) in [6.45, 7) is 3.59. The zero-order valence-corrected chi connectivity index (χ0v) is 10.9. The van der Waals surface area contributed by atoms with E-state index in [2.05, 4.69) is 25.6 Å². The van der Waals surface area contributed by atoms with Crippen molar-refractivity contribution in [2.75, 3.05) is 29.5 Å². The van der Waals surface area contributed by atoms with Gasteiger partial charge in [0.2, 0.25) is 5.95 Å². The van der Waals surface area contributed by atoms with E-state index in [1.54, 1.807) is 12.4 Å². The van der Waals surface area contributed by atoms with Crippen LogP contribution in [0, 0.1) is 0 Å². The number of hydrogen-bond donors (Lipinski definition) is 3. The number of nitrogens with zero attached hydrogens (tertiary/aromatic N) is 3. The van der Waals surface area contributed by atoms with Crippen molar-refractivity contribution in [3.8, 4) is 0 Å². The predicted molar refractivity (Wildman–Crippen MR) is 77.0 cm³/mol. The van der Waals surface area contributed by atoms with Gasteiger partial charge in [-0.25, -0.2) is 0 Å². The molecule has 6 heteroatoms. The molecule has 2 rings (SSSR count). The van der Waals surface area contributed by atoms with Crippen LogP contribution in [0.5, 0.6) is 0 Å². The van der Waals surface area contributed by atoms with Gasteiger partial charge in [0, 0.05) is 31.5 Å². The third-order valence-electron chi connectivity index (χ3n) is 2.57. The van der Waals surface area contributed by atoms with Crippen molar-refractivity contribution in [2.45, 2.75) is 13.3 Å². The fourth-order valence-electron chi connectivity index (χ4n) is 1.71. The Labute approximate surface area is 112 Å². The molecule has 2 heterocycles. The average Bonchev–Trinajstić information content (AvgIpc) is 2.40. The molecule has 0 atom stereocenters. The number of nitrogen functional groups attached to an aromatic ring is 1. The largest absolute Gasteiger partial charge is 0.370 e. The second-order valence-electron chi connectivity index (χ2n) is 4.06. The van der Waals surface area contributed by atoms with Crippen molar-refractivity contribution in [1.29, 1.82) is 0 Å². The van der Waals surface area contributed by atoms with Crippen LogP contribution in [0.3, 0.4) is 0 Å². The van der Waals surface area contributed by atoms with Crippen molar-refractivity contribution in [2.24, 2.45) is 0 Å². The van der Waals surface area contributed by atoms with Crippen LogP contribution in [0.1, 0.15) is 12.5 Å². The lowest BCUT2D eigenvalue weighted by Crippen LogP contribution is -2.10. The molecule has 0 saturated heterocycles. The molecule has 2 aromatic heterocycles. The van der Waals surface area contributed by atoms with E-state index in [0.29, 0.717) is 0 Å². The van der Waals surface area contributed by atoms with Gasteiger partial charge in [0.25, 0.3) is 0 Å². The molecule has 4 N–H and O–H groups in total. The Morgan fingerprint density at radius 3 is 2.47 bits per heavy atom. The monoisotopic (exact) mass is 258 g/mol. The highest BCUT2D eigenvalue weighted by Crippen LogP contribution is 2.12. The highest BCUT2D eigenvalue weighted by molar-refractivity contribution is 5.50. The van der Waals surface area contributed by atoms with Gasteiger partial charge in [0.1, 0.15) is 11.6 Å². The zero-order valence-electron chi connectivity index (χ0n) is 10.9. The van der Waals surface area contributed by atoms with E-state index < -0.39 is 0 Å². The second kappa shape index (κ2) is 6.53. The Morgan fingerprint density at radius 2 is 1.79 bits per heavy atom. The lowest BCUT2D eigenvalue weighted by atomic mass is 10.2. The van der Waals surface area contributed by atoms with Gasteiger partial charge in [-0.15, -0.1) is 0 Å². The van der Waals surface area contributed by atoms with Crippen LogP contribution in [0.25, 0.3) is 0 Å². The topological polar surface area (TPSA) is 88.8 Å². The molecule has 0 amide bonds. The Balaban J connectivity index is 1.92. The third-order valence-corrected chi connectivity index (χ3v) is 2.57. The van der Waals surface area contributed by atoms with E-state index in [-0.39, 0.29) is 5.95 Å². The molecule has 0 aliphatic heterocycles. The lowest BCUT2D eigenvalue weighted by molar-refractivity contribution is 0.995. The first-order valence-electron chi connectivity index (χ1n) is 6.29. The maximum atomic E-state index is 5.66. The molecule has 6 nitrogen and oxygen atoms in total. The van der Waals surface area contributed by atoms with E-state index in [9.17, 15) is 0 Å². The summed E-state index contributed by atoms with van der Waals surface area (Å²) in [5.74, 6) is 1.74. The summed E-state index contributed by atoms with van der Waals surface area (Å²) in [5.41, 5.74) is 6.89. The summed E-state index contributed by atoms with van der Waals surface area (Å²) in [6.07, 6.45) is 4.49. The minimum absolute atomic E-state index is 0.268. The molecule has 19 heavy (non-hydrogen) atoms. The van der Waals surface area contributed by atoms with Crippen LogP contribution in [0.15, 0.2) is 30.6 Å². The molecule has 0 aromatic carbocycles. The van der Waals surface area contributed by atoms with Crippen LogP contribution >= 0.6 is 0 Å². The van der Waals surface area contributed by atoms with Gasteiger partial charge in [-0.3, -0.25) is 4.98 Å². The molecular formula is C13H18N6. The van der Waals surface area contributed by atoms with E-state index in [4.69, 9.17) is 5.73 Å². The van der Waals surface area contributed by atoms with Crippen molar-refractivity contribution in [3.05, 3.63) is 36.2 Å². The highest BCUT2D eigenvalue weighted by Gasteiger charge is 2.01. The quantitative estimate of drug-likeness (QED) is 0.728. The Bertz CT molecular complexity index is 514. The van der Waals surface area contributed by atoms with E-state index in [1.807, 2.05) is 25.1 Å². The van der Waals surface area contributed by atoms with Crippen LogP contribution in [-0.4, -0.2) is 28.0 Å². The maximum Gasteiger partial charge on any atom is 0.223 e. The minimum Gasteiger partial charge on any atom is -0.370 e. The number of aromatic nitrogens is 3. The molecule has 0 aliphatic rings. The number of hydrogen-bond acceptors (Lipinski definition) is 6. The smallest absolute Gasteiger partial charge is 0.223 e. The molecule has 0 spiro atoms. The van der Waals surface area contributed by atoms with Gasteiger partial charge in [-0.05, 0) is 31.0 Å². The van der Waals surface area contributed by atoms with Crippen LogP contribution < -0.4 is 16.4 Å². The fraction of sp³-hybridized carbons (Fsp3) is 0.308. The normalized spacial score (nSPS) is 10.2. The second-order valence-corrected chi connectivity index (χ2v) is 4.06. The number of rotatable bonds is 6. The van der Waals surface area contributed by atoms with Gasteiger partial charge in [0.15, 0.2) is 0 Å². The number of pyridine rings is 1. The van der Waals surface area contributed by atoms with E-state index >= 15 is 0 Å². The SMILES string of the molecule is CCNc1cc(NCCc2ccncc2)nc(N)n1. The summed E-state index contributed by atoms with van der Waals surface area (Å²) >= 11 is 0. The zero-order chi connectivity index (χ0) is 13.5. The molecule has 0 aliphatic carbocycles. The average molecular weight is 258 g/mol. The first-order valence-corrected chi connectivity index (χ1v) is 6.29. The Morgan fingerprint density at radius 1 is 1.11 bits per heavy atom. The molecule has 0 fully saturated rings. The molecule has 0 radical (unpaired) electrons. The number of nitrogens with one attached hydrogen (secondary N) is 2. The van der Waals surface area contributed by atoms with E-state index in [0.717, 1.165) is 31.1 Å². The van der Waals surface area contributed by atoms with Crippen LogP contribution in [0.2, 0.25) is 0 Å². The Kier molecular flexibility index (Phi) is 4.49. The standard InChI is InChI=1S/C13H18N6/c1-2-16-11-9-12(19-13(14)18-11)17-8-5-10-3-6-15-7-4-10/h3-4,6-7,9H,2,5,8H2,1H3,(H4,14,16,17,18,19). The lowest BCUT2D eigenvalue weighted by Gasteiger charge is -2.08. The summed E-state index contributed by atoms with van der Waals surface area (Å²) in [4.78, 5) is 12.2. The number of nitrogens with two attached hydrogens (primary N) is 1. The molecular weight excluding hydrogens is 240 g/mol. The Hall–Kier alpha value is -2.37. The summed E-state index contributed by atoms with van der Waals surface area (Å²) < 4.78 is 0.